The molecule has 0 radical (unpaired) electrons. The second-order valence-electron chi connectivity index (χ2n) is 4.25. The second-order valence-corrected chi connectivity index (χ2v) is 4.25. The SMILES string of the molecule is COc1ccc([N+](=O)[O-])cc1NC(=O)C1(N)CC1. The molecular formula is C11H13N3O4. The van der Waals surface area contributed by atoms with E-state index in [2.05, 4.69) is 5.32 Å². The van der Waals surface area contributed by atoms with Crippen molar-refractivity contribution in [2.45, 2.75) is 18.4 Å². The van der Waals surface area contributed by atoms with E-state index in [1.54, 1.807) is 0 Å². The number of methoxy groups -OCH3 is 1. The van der Waals surface area contributed by atoms with E-state index in [0.717, 1.165) is 0 Å². The summed E-state index contributed by atoms with van der Waals surface area (Å²) >= 11 is 0. The number of hydrogen-bond donors (Lipinski definition) is 2. The normalized spacial score (nSPS) is 15.9. The lowest BCUT2D eigenvalue weighted by atomic mass is 10.2. The van der Waals surface area contributed by atoms with Gasteiger partial charge < -0.3 is 15.8 Å². The van der Waals surface area contributed by atoms with Gasteiger partial charge in [-0.25, -0.2) is 0 Å². The molecule has 0 spiro atoms. The highest BCUT2D eigenvalue weighted by Gasteiger charge is 2.46. The highest BCUT2D eigenvalue weighted by Crippen LogP contribution is 2.35. The molecule has 0 aromatic heterocycles. The zero-order valence-electron chi connectivity index (χ0n) is 9.80. The van der Waals surface area contributed by atoms with Crippen molar-refractivity contribution in [1.82, 2.24) is 0 Å². The molecule has 2 rings (SSSR count). The first-order valence-electron chi connectivity index (χ1n) is 5.39. The van der Waals surface area contributed by atoms with Crippen LogP contribution in [0.5, 0.6) is 5.75 Å². The third-order valence-electron chi connectivity index (χ3n) is 2.88. The van der Waals surface area contributed by atoms with Crippen molar-refractivity contribution >= 4 is 17.3 Å². The van der Waals surface area contributed by atoms with Gasteiger partial charge in [-0.1, -0.05) is 0 Å². The van der Waals surface area contributed by atoms with Gasteiger partial charge in [-0.3, -0.25) is 14.9 Å². The number of carbonyl (C=O) groups is 1. The van der Waals surface area contributed by atoms with Crippen molar-refractivity contribution in [3.8, 4) is 5.75 Å². The molecule has 18 heavy (non-hydrogen) atoms. The van der Waals surface area contributed by atoms with Crippen LogP contribution in [0.4, 0.5) is 11.4 Å². The Labute approximate surface area is 103 Å². The summed E-state index contributed by atoms with van der Waals surface area (Å²) in [6, 6.07) is 4.00. The molecule has 1 aromatic carbocycles. The van der Waals surface area contributed by atoms with Crippen molar-refractivity contribution in [1.29, 1.82) is 0 Å². The standard InChI is InChI=1S/C11H13N3O4/c1-18-9-3-2-7(14(16)17)6-8(9)13-10(15)11(12)4-5-11/h2-3,6H,4-5,12H2,1H3,(H,13,15). The Hall–Kier alpha value is -2.15. The van der Waals surface area contributed by atoms with Crippen LogP contribution in [0.15, 0.2) is 18.2 Å². The van der Waals surface area contributed by atoms with E-state index >= 15 is 0 Å². The summed E-state index contributed by atoms with van der Waals surface area (Å²) in [5, 5.41) is 13.2. The number of nitrogens with two attached hydrogens (primary N) is 1. The van der Waals surface area contributed by atoms with Gasteiger partial charge in [0.2, 0.25) is 5.91 Å². The lowest BCUT2D eigenvalue weighted by Crippen LogP contribution is -2.37. The summed E-state index contributed by atoms with van der Waals surface area (Å²) < 4.78 is 5.04. The van der Waals surface area contributed by atoms with Crippen LogP contribution < -0.4 is 15.8 Å². The van der Waals surface area contributed by atoms with Gasteiger partial charge >= 0.3 is 0 Å². The number of anilines is 1. The number of benzene rings is 1. The van der Waals surface area contributed by atoms with Crippen LogP contribution in [0.3, 0.4) is 0 Å². The number of hydrogen-bond acceptors (Lipinski definition) is 5. The quantitative estimate of drug-likeness (QED) is 0.613. The molecule has 1 saturated carbocycles. The molecule has 96 valence electrons. The van der Waals surface area contributed by atoms with E-state index in [1.807, 2.05) is 0 Å². The summed E-state index contributed by atoms with van der Waals surface area (Å²) in [5.74, 6) is 0.0134. The van der Waals surface area contributed by atoms with Crippen molar-refractivity contribution in [3.63, 3.8) is 0 Å². The molecular weight excluding hydrogens is 238 g/mol. The Morgan fingerprint density at radius 1 is 1.56 bits per heavy atom. The lowest BCUT2D eigenvalue weighted by Gasteiger charge is -2.12. The summed E-state index contributed by atoms with van der Waals surface area (Å²) in [6.07, 6.45) is 1.24. The summed E-state index contributed by atoms with van der Waals surface area (Å²) in [7, 11) is 1.42. The Morgan fingerprint density at radius 2 is 2.22 bits per heavy atom. The van der Waals surface area contributed by atoms with Crippen LogP contribution in [0.1, 0.15) is 12.8 Å². The minimum atomic E-state index is -0.838. The Balaban J connectivity index is 2.26. The average molecular weight is 251 g/mol. The van der Waals surface area contributed by atoms with Crippen molar-refractivity contribution in [2.24, 2.45) is 5.73 Å². The van der Waals surface area contributed by atoms with E-state index in [4.69, 9.17) is 10.5 Å². The minimum Gasteiger partial charge on any atom is -0.495 e. The predicted molar refractivity (Wildman–Crippen MR) is 64.4 cm³/mol. The van der Waals surface area contributed by atoms with Gasteiger partial charge in [0.1, 0.15) is 5.75 Å². The molecule has 0 heterocycles. The van der Waals surface area contributed by atoms with Crippen molar-refractivity contribution in [3.05, 3.63) is 28.3 Å². The first kappa shape index (κ1) is 12.3. The minimum absolute atomic E-state index is 0.118. The topological polar surface area (TPSA) is 107 Å². The van der Waals surface area contributed by atoms with E-state index in [0.29, 0.717) is 18.6 Å². The third kappa shape index (κ3) is 2.25. The second kappa shape index (κ2) is 4.26. The fraction of sp³-hybridized carbons (Fsp3) is 0.364. The van der Waals surface area contributed by atoms with Crippen LogP contribution in [0, 0.1) is 10.1 Å². The van der Waals surface area contributed by atoms with Crippen molar-refractivity contribution < 1.29 is 14.5 Å². The average Bonchev–Trinajstić information content (AvgIpc) is 3.08. The number of ether oxygens (including phenoxy) is 1. The Kier molecular flexibility index (Phi) is 2.92. The maximum absolute atomic E-state index is 11.8. The van der Waals surface area contributed by atoms with Crippen molar-refractivity contribution in [2.75, 3.05) is 12.4 Å². The molecule has 1 aromatic rings. The first-order valence-corrected chi connectivity index (χ1v) is 5.39. The lowest BCUT2D eigenvalue weighted by molar-refractivity contribution is -0.384. The van der Waals surface area contributed by atoms with Gasteiger partial charge in [0, 0.05) is 12.1 Å². The fourth-order valence-electron chi connectivity index (χ4n) is 1.52. The largest absolute Gasteiger partial charge is 0.495 e. The molecule has 0 unspecified atom stereocenters. The maximum atomic E-state index is 11.8. The number of carbonyl (C=O) groups excluding carboxylic acids is 1. The van der Waals surface area contributed by atoms with E-state index < -0.39 is 10.5 Å². The summed E-state index contributed by atoms with van der Waals surface area (Å²) in [5.41, 5.74) is 5.04. The molecule has 3 N–H and O–H groups in total. The molecule has 1 aliphatic rings. The highest BCUT2D eigenvalue weighted by molar-refractivity contribution is 6.01. The van der Waals surface area contributed by atoms with E-state index in [9.17, 15) is 14.9 Å². The van der Waals surface area contributed by atoms with Crippen LogP contribution in [-0.4, -0.2) is 23.5 Å². The molecule has 0 atom stereocenters. The predicted octanol–water partition coefficient (Wildman–Crippen LogP) is 1.03. The van der Waals surface area contributed by atoms with Gasteiger partial charge in [-0.2, -0.15) is 0 Å². The van der Waals surface area contributed by atoms with Crippen LogP contribution in [-0.2, 0) is 4.79 Å². The number of nitrogens with one attached hydrogen (secondary N) is 1. The molecule has 7 heteroatoms. The summed E-state index contributed by atoms with van der Waals surface area (Å²) in [6.45, 7) is 0. The van der Waals surface area contributed by atoms with Gasteiger partial charge in [0.05, 0.1) is 23.3 Å². The number of nitro benzene ring substituents is 1. The molecule has 1 fully saturated rings. The molecule has 1 aliphatic carbocycles. The maximum Gasteiger partial charge on any atom is 0.271 e. The molecule has 0 aliphatic heterocycles. The van der Waals surface area contributed by atoms with Gasteiger partial charge in [-0.15, -0.1) is 0 Å². The zero-order chi connectivity index (χ0) is 13.3. The smallest absolute Gasteiger partial charge is 0.271 e. The molecule has 1 amide bonds. The molecule has 0 bridgehead atoms. The number of nitro groups is 1. The first-order chi connectivity index (χ1) is 8.46. The summed E-state index contributed by atoms with van der Waals surface area (Å²) in [4.78, 5) is 21.9. The Morgan fingerprint density at radius 3 is 2.72 bits per heavy atom. The highest BCUT2D eigenvalue weighted by atomic mass is 16.6. The third-order valence-corrected chi connectivity index (χ3v) is 2.88. The van der Waals surface area contributed by atoms with E-state index in [1.165, 1.54) is 25.3 Å². The number of nitrogens with zero attached hydrogens (tertiary/aromatic N) is 1. The molecule has 0 saturated heterocycles. The number of rotatable bonds is 4. The van der Waals surface area contributed by atoms with E-state index in [-0.39, 0.29) is 17.3 Å². The number of amides is 1. The van der Waals surface area contributed by atoms with Gasteiger partial charge in [0.15, 0.2) is 0 Å². The molecule has 7 nitrogen and oxygen atoms in total. The van der Waals surface area contributed by atoms with Gasteiger partial charge in [0.25, 0.3) is 5.69 Å². The van der Waals surface area contributed by atoms with Crippen LogP contribution >= 0.6 is 0 Å². The van der Waals surface area contributed by atoms with Gasteiger partial charge in [-0.05, 0) is 18.9 Å². The Bertz CT molecular complexity index is 511. The zero-order valence-corrected chi connectivity index (χ0v) is 9.80. The van der Waals surface area contributed by atoms with Crippen LogP contribution in [0.25, 0.3) is 0 Å². The number of non-ortho nitro benzene ring substituents is 1. The monoisotopic (exact) mass is 251 g/mol. The fourth-order valence-corrected chi connectivity index (χ4v) is 1.52. The van der Waals surface area contributed by atoms with Crippen LogP contribution in [0.2, 0.25) is 0 Å².